The second-order valence-electron chi connectivity index (χ2n) is 10.1. The van der Waals surface area contributed by atoms with E-state index >= 15 is 0 Å². The number of hydrogen-bond donors (Lipinski definition) is 0. The van der Waals surface area contributed by atoms with Gasteiger partial charge in [0.15, 0.2) is 5.65 Å². The zero-order chi connectivity index (χ0) is 23.0. The van der Waals surface area contributed by atoms with E-state index < -0.39 is 0 Å². The number of pyridine rings is 1. The maximum Gasteiger partial charge on any atom is 0.330 e. The standard InChI is InChI=1S/C25H33N5O2/c1-25(2,3)17-30-21-10-9-20(26-23(21)28(5)24(30)32)19-8-6-7-18(15-19)16-29-12-11-22(31)27(4)13-14-29/h6-10,15H,11-14,16-17H2,1-5H3. The summed E-state index contributed by atoms with van der Waals surface area (Å²) in [6, 6.07) is 12.4. The first-order chi connectivity index (χ1) is 15.1. The van der Waals surface area contributed by atoms with Crippen LogP contribution in [0.15, 0.2) is 41.2 Å². The normalized spacial score (nSPS) is 16.0. The van der Waals surface area contributed by atoms with Crippen molar-refractivity contribution < 1.29 is 4.79 Å². The van der Waals surface area contributed by atoms with E-state index in [1.165, 1.54) is 5.56 Å². The number of rotatable bonds is 4. The second kappa shape index (κ2) is 8.54. The smallest absolute Gasteiger partial charge is 0.330 e. The summed E-state index contributed by atoms with van der Waals surface area (Å²) >= 11 is 0. The molecule has 0 atom stereocenters. The maximum atomic E-state index is 12.8. The van der Waals surface area contributed by atoms with Gasteiger partial charge in [0.05, 0.1) is 11.2 Å². The maximum absolute atomic E-state index is 12.8. The van der Waals surface area contributed by atoms with Gasteiger partial charge < -0.3 is 4.90 Å². The van der Waals surface area contributed by atoms with Gasteiger partial charge in [-0.05, 0) is 29.2 Å². The molecule has 3 aromatic rings. The average molecular weight is 436 g/mol. The number of likely N-dealkylation sites (N-methyl/N-ethyl adjacent to an activating group) is 1. The lowest BCUT2D eigenvalue weighted by Crippen LogP contribution is -2.29. The average Bonchev–Trinajstić information content (AvgIpc) is 2.87. The molecule has 1 amide bonds. The molecule has 4 rings (SSSR count). The molecule has 1 aliphatic heterocycles. The first kappa shape index (κ1) is 22.3. The Hall–Kier alpha value is -2.93. The fourth-order valence-electron chi connectivity index (χ4n) is 4.28. The highest BCUT2D eigenvalue weighted by atomic mass is 16.2. The molecule has 0 unspecified atom stereocenters. The Morgan fingerprint density at radius 3 is 2.53 bits per heavy atom. The molecule has 1 fully saturated rings. The molecule has 1 saturated heterocycles. The van der Waals surface area contributed by atoms with E-state index in [4.69, 9.17) is 4.98 Å². The largest absolute Gasteiger partial charge is 0.344 e. The van der Waals surface area contributed by atoms with E-state index in [1.807, 2.05) is 28.6 Å². The van der Waals surface area contributed by atoms with Crippen LogP contribution in [0.1, 0.15) is 32.8 Å². The van der Waals surface area contributed by atoms with Crippen LogP contribution in [-0.2, 0) is 24.9 Å². The van der Waals surface area contributed by atoms with Crippen molar-refractivity contribution in [2.75, 3.05) is 26.7 Å². The number of benzene rings is 1. The number of carbonyl (C=O) groups excluding carboxylic acids is 1. The van der Waals surface area contributed by atoms with Crippen molar-refractivity contribution in [1.82, 2.24) is 23.9 Å². The Morgan fingerprint density at radius 1 is 1.00 bits per heavy atom. The van der Waals surface area contributed by atoms with E-state index in [9.17, 15) is 9.59 Å². The van der Waals surface area contributed by atoms with Gasteiger partial charge >= 0.3 is 5.69 Å². The Morgan fingerprint density at radius 2 is 1.78 bits per heavy atom. The van der Waals surface area contributed by atoms with Crippen molar-refractivity contribution in [3.05, 3.63) is 52.4 Å². The minimum Gasteiger partial charge on any atom is -0.344 e. The summed E-state index contributed by atoms with van der Waals surface area (Å²) in [5, 5.41) is 0. The van der Waals surface area contributed by atoms with Gasteiger partial charge in [-0.3, -0.25) is 18.8 Å². The first-order valence-corrected chi connectivity index (χ1v) is 11.2. The first-order valence-electron chi connectivity index (χ1n) is 11.2. The molecule has 0 bridgehead atoms. The highest BCUT2D eigenvalue weighted by Crippen LogP contribution is 2.24. The van der Waals surface area contributed by atoms with Crippen molar-refractivity contribution >= 4 is 17.1 Å². The van der Waals surface area contributed by atoms with E-state index in [0.717, 1.165) is 43.0 Å². The molecule has 0 N–H and O–H groups in total. The molecule has 170 valence electrons. The molecule has 1 aliphatic rings. The number of fused-ring (bicyclic) bond motifs is 1. The van der Waals surface area contributed by atoms with Crippen LogP contribution in [0.4, 0.5) is 0 Å². The van der Waals surface area contributed by atoms with Crippen molar-refractivity contribution in [2.45, 2.75) is 40.3 Å². The van der Waals surface area contributed by atoms with E-state index in [2.05, 4.69) is 49.9 Å². The van der Waals surface area contributed by atoms with Gasteiger partial charge in [-0.2, -0.15) is 0 Å². The quantitative estimate of drug-likeness (QED) is 0.632. The summed E-state index contributed by atoms with van der Waals surface area (Å²) in [4.78, 5) is 33.8. The number of nitrogens with zero attached hydrogens (tertiary/aromatic N) is 5. The lowest BCUT2D eigenvalue weighted by molar-refractivity contribution is -0.129. The van der Waals surface area contributed by atoms with Crippen LogP contribution in [-0.4, -0.2) is 56.5 Å². The lowest BCUT2D eigenvalue weighted by Gasteiger charge is -2.20. The molecule has 2 aromatic heterocycles. The molecule has 1 aromatic carbocycles. The topological polar surface area (TPSA) is 63.4 Å². The van der Waals surface area contributed by atoms with Crippen LogP contribution in [0.25, 0.3) is 22.4 Å². The van der Waals surface area contributed by atoms with Gasteiger partial charge in [0.1, 0.15) is 0 Å². The summed E-state index contributed by atoms with van der Waals surface area (Å²) in [7, 11) is 3.66. The van der Waals surface area contributed by atoms with Crippen molar-refractivity contribution in [3.8, 4) is 11.3 Å². The number of amides is 1. The number of hydrogen-bond acceptors (Lipinski definition) is 4. The summed E-state index contributed by atoms with van der Waals surface area (Å²) in [6.07, 6.45) is 0.563. The van der Waals surface area contributed by atoms with E-state index in [0.29, 0.717) is 18.6 Å². The predicted molar refractivity (Wildman–Crippen MR) is 127 cm³/mol. The van der Waals surface area contributed by atoms with Crippen LogP contribution >= 0.6 is 0 Å². The van der Waals surface area contributed by atoms with Crippen LogP contribution in [0, 0.1) is 5.41 Å². The van der Waals surface area contributed by atoms with Crippen LogP contribution < -0.4 is 5.69 Å². The molecule has 0 radical (unpaired) electrons. The fraction of sp³-hybridized carbons (Fsp3) is 0.480. The van der Waals surface area contributed by atoms with E-state index in [1.54, 1.807) is 11.6 Å². The fourth-order valence-corrected chi connectivity index (χ4v) is 4.28. The lowest BCUT2D eigenvalue weighted by atomic mass is 9.97. The molecule has 7 heteroatoms. The minimum absolute atomic E-state index is 0.00212. The molecule has 0 aliphatic carbocycles. The number of imidazole rings is 1. The highest BCUT2D eigenvalue weighted by Gasteiger charge is 2.20. The van der Waals surface area contributed by atoms with Gasteiger partial charge in [-0.1, -0.05) is 39.0 Å². The summed E-state index contributed by atoms with van der Waals surface area (Å²) in [5.74, 6) is 0.211. The van der Waals surface area contributed by atoms with Crippen LogP contribution in [0.2, 0.25) is 0 Å². The Labute approximate surface area is 189 Å². The zero-order valence-corrected chi connectivity index (χ0v) is 19.8. The Balaban J connectivity index is 1.61. The van der Waals surface area contributed by atoms with Gasteiger partial charge in [0.25, 0.3) is 0 Å². The number of aryl methyl sites for hydroxylation is 1. The molecule has 32 heavy (non-hydrogen) atoms. The van der Waals surface area contributed by atoms with Crippen molar-refractivity contribution in [1.29, 1.82) is 0 Å². The molecule has 7 nitrogen and oxygen atoms in total. The third-order valence-corrected chi connectivity index (χ3v) is 6.06. The van der Waals surface area contributed by atoms with Crippen molar-refractivity contribution in [3.63, 3.8) is 0 Å². The highest BCUT2D eigenvalue weighted by molar-refractivity contribution is 5.77. The van der Waals surface area contributed by atoms with Gasteiger partial charge in [0, 0.05) is 58.8 Å². The van der Waals surface area contributed by atoms with E-state index in [-0.39, 0.29) is 17.0 Å². The Bertz CT molecular complexity index is 1200. The molecule has 0 spiro atoms. The SMILES string of the molecule is CN1CCN(Cc2cccc(-c3ccc4c(n3)n(C)c(=O)n4CC(C)(C)C)c2)CCC1=O. The third-order valence-electron chi connectivity index (χ3n) is 6.06. The predicted octanol–water partition coefficient (Wildman–Crippen LogP) is 3.11. The van der Waals surface area contributed by atoms with Gasteiger partial charge in [-0.25, -0.2) is 9.78 Å². The third kappa shape index (κ3) is 4.63. The minimum atomic E-state index is -0.0333. The van der Waals surface area contributed by atoms with Crippen LogP contribution in [0.3, 0.4) is 0 Å². The number of carbonyl (C=O) groups is 1. The summed E-state index contributed by atoms with van der Waals surface area (Å²) in [5.41, 5.74) is 4.62. The molecule has 3 heterocycles. The second-order valence-corrected chi connectivity index (χ2v) is 10.1. The summed E-state index contributed by atoms with van der Waals surface area (Å²) < 4.78 is 3.46. The zero-order valence-electron chi connectivity index (χ0n) is 19.8. The monoisotopic (exact) mass is 435 g/mol. The molecular weight excluding hydrogens is 402 g/mol. The number of aromatic nitrogens is 3. The van der Waals surface area contributed by atoms with Gasteiger partial charge in [0.2, 0.25) is 5.91 Å². The summed E-state index contributed by atoms with van der Waals surface area (Å²) in [6.45, 7) is 10.2. The van der Waals surface area contributed by atoms with Crippen molar-refractivity contribution in [2.24, 2.45) is 12.5 Å². The Kier molecular flexibility index (Phi) is 5.95. The van der Waals surface area contributed by atoms with Crippen LogP contribution in [0.5, 0.6) is 0 Å². The molecular formula is C25H33N5O2. The molecule has 0 saturated carbocycles. The van der Waals surface area contributed by atoms with Gasteiger partial charge in [-0.15, -0.1) is 0 Å².